The molecule has 33 heavy (non-hydrogen) atoms. The highest BCUT2D eigenvalue weighted by molar-refractivity contribution is 7.18. The molecule has 5 rings (SSSR count). The number of carbonyl (C=O) groups excluding carboxylic acids is 1. The smallest absolute Gasteiger partial charge is 0.271 e. The molecule has 2 aromatic carbocycles. The lowest BCUT2D eigenvalue weighted by Gasteiger charge is -2.21. The molecule has 0 spiro atoms. The summed E-state index contributed by atoms with van der Waals surface area (Å²) in [6.07, 6.45) is 6.28. The van der Waals surface area contributed by atoms with E-state index in [0.717, 1.165) is 33.4 Å². The van der Waals surface area contributed by atoms with E-state index in [4.69, 9.17) is 4.98 Å². The molecule has 0 bridgehead atoms. The Morgan fingerprint density at radius 3 is 2.45 bits per heavy atom. The Bertz CT molecular complexity index is 1220. The molecule has 2 aromatic heterocycles. The Morgan fingerprint density at radius 2 is 1.70 bits per heavy atom. The SMILES string of the molecule is Cc1nc(-c2ccc(-c3ccccc3)cc2)sc1-c1cc(C(=O)NCC2CCCCC2)n[nH]1. The molecule has 4 aromatic rings. The van der Waals surface area contributed by atoms with Crippen molar-refractivity contribution in [2.75, 3.05) is 6.54 Å². The van der Waals surface area contributed by atoms with E-state index >= 15 is 0 Å². The number of amides is 1. The van der Waals surface area contributed by atoms with Crippen LogP contribution in [0.15, 0.2) is 60.7 Å². The largest absolute Gasteiger partial charge is 0.350 e. The maximum atomic E-state index is 12.6. The summed E-state index contributed by atoms with van der Waals surface area (Å²) in [5, 5.41) is 11.3. The van der Waals surface area contributed by atoms with Gasteiger partial charge < -0.3 is 5.32 Å². The predicted molar refractivity (Wildman–Crippen MR) is 134 cm³/mol. The summed E-state index contributed by atoms with van der Waals surface area (Å²) in [6.45, 7) is 2.74. The Balaban J connectivity index is 1.29. The quantitative estimate of drug-likeness (QED) is 0.348. The third-order valence-corrected chi connectivity index (χ3v) is 7.61. The first-order valence-corrected chi connectivity index (χ1v) is 12.5. The first-order chi connectivity index (χ1) is 16.2. The number of aromatic nitrogens is 3. The number of benzene rings is 2. The van der Waals surface area contributed by atoms with Gasteiger partial charge in [0.15, 0.2) is 5.69 Å². The van der Waals surface area contributed by atoms with Crippen molar-refractivity contribution in [1.29, 1.82) is 0 Å². The third kappa shape index (κ3) is 4.91. The van der Waals surface area contributed by atoms with Gasteiger partial charge in [-0.1, -0.05) is 73.9 Å². The van der Waals surface area contributed by atoms with Crippen LogP contribution in [-0.2, 0) is 0 Å². The fourth-order valence-corrected chi connectivity index (χ4v) is 5.52. The van der Waals surface area contributed by atoms with Gasteiger partial charge in [-0.15, -0.1) is 11.3 Å². The molecule has 0 aliphatic heterocycles. The summed E-state index contributed by atoms with van der Waals surface area (Å²) >= 11 is 1.61. The molecule has 1 aliphatic carbocycles. The van der Waals surface area contributed by atoms with Gasteiger partial charge in [0.05, 0.1) is 16.3 Å². The van der Waals surface area contributed by atoms with Gasteiger partial charge in [0.1, 0.15) is 5.01 Å². The average Bonchev–Trinajstić information content (AvgIpc) is 3.51. The first kappa shape index (κ1) is 21.6. The fourth-order valence-electron chi connectivity index (χ4n) is 4.48. The highest BCUT2D eigenvalue weighted by atomic mass is 32.1. The molecule has 5 nitrogen and oxygen atoms in total. The molecule has 2 N–H and O–H groups in total. The highest BCUT2D eigenvalue weighted by Crippen LogP contribution is 2.35. The van der Waals surface area contributed by atoms with Crippen LogP contribution < -0.4 is 5.32 Å². The maximum absolute atomic E-state index is 12.6. The molecule has 1 aliphatic rings. The lowest BCUT2D eigenvalue weighted by Crippen LogP contribution is -2.30. The van der Waals surface area contributed by atoms with E-state index in [0.29, 0.717) is 11.6 Å². The molecule has 0 radical (unpaired) electrons. The molecular formula is C27H28N4OS. The summed E-state index contributed by atoms with van der Waals surface area (Å²) in [5.74, 6) is 0.489. The van der Waals surface area contributed by atoms with E-state index in [1.807, 2.05) is 19.1 Å². The Hall–Kier alpha value is -3.25. The van der Waals surface area contributed by atoms with Gasteiger partial charge in [-0.3, -0.25) is 9.89 Å². The Morgan fingerprint density at radius 1 is 1.00 bits per heavy atom. The van der Waals surface area contributed by atoms with Crippen molar-refractivity contribution < 1.29 is 4.79 Å². The molecule has 0 atom stereocenters. The Labute approximate surface area is 198 Å². The first-order valence-electron chi connectivity index (χ1n) is 11.6. The lowest BCUT2D eigenvalue weighted by molar-refractivity contribution is 0.0938. The minimum atomic E-state index is -0.109. The van der Waals surface area contributed by atoms with Crippen LogP contribution in [0.5, 0.6) is 0 Å². The number of hydrogen-bond acceptors (Lipinski definition) is 4. The van der Waals surface area contributed by atoms with E-state index in [9.17, 15) is 4.79 Å². The number of nitrogens with zero attached hydrogens (tertiary/aromatic N) is 2. The van der Waals surface area contributed by atoms with Crippen LogP contribution in [0.2, 0.25) is 0 Å². The van der Waals surface area contributed by atoms with Crippen LogP contribution >= 0.6 is 11.3 Å². The second-order valence-electron chi connectivity index (χ2n) is 8.76. The predicted octanol–water partition coefficient (Wildman–Crippen LogP) is 6.49. The van der Waals surface area contributed by atoms with Crippen LogP contribution in [0.25, 0.3) is 32.3 Å². The maximum Gasteiger partial charge on any atom is 0.271 e. The molecule has 168 valence electrons. The van der Waals surface area contributed by atoms with Crippen molar-refractivity contribution in [3.63, 3.8) is 0 Å². The van der Waals surface area contributed by atoms with Gasteiger partial charge in [-0.25, -0.2) is 4.98 Å². The van der Waals surface area contributed by atoms with E-state index in [-0.39, 0.29) is 5.91 Å². The van der Waals surface area contributed by atoms with E-state index < -0.39 is 0 Å². The van der Waals surface area contributed by atoms with E-state index in [2.05, 4.69) is 64.0 Å². The average molecular weight is 457 g/mol. The zero-order chi connectivity index (χ0) is 22.6. The van der Waals surface area contributed by atoms with Crippen LogP contribution in [0, 0.1) is 12.8 Å². The number of thiazole rings is 1. The second-order valence-corrected chi connectivity index (χ2v) is 9.76. The summed E-state index contributed by atoms with van der Waals surface area (Å²) in [4.78, 5) is 18.4. The van der Waals surface area contributed by atoms with Crippen LogP contribution in [0.1, 0.15) is 48.3 Å². The second kappa shape index (κ2) is 9.71. The van der Waals surface area contributed by atoms with Crippen molar-refractivity contribution in [3.05, 3.63) is 72.1 Å². The number of hydrogen-bond donors (Lipinski definition) is 2. The minimum Gasteiger partial charge on any atom is -0.350 e. The van der Waals surface area contributed by atoms with Crippen molar-refractivity contribution >= 4 is 17.2 Å². The van der Waals surface area contributed by atoms with Crippen molar-refractivity contribution in [2.45, 2.75) is 39.0 Å². The highest BCUT2D eigenvalue weighted by Gasteiger charge is 2.18. The number of aryl methyl sites for hydroxylation is 1. The molecular weight excluding hydrogens is 428 g/mol. The van der Waals surface area contributed by atoms with Gasteiger partial charge in [-0.2, -0.15) is 5.10 Å². The number of aromatic amines is 1. The van der Waals surface area contributed by atoms with Gasteiger partial charge in [0.2, 0.25) is 0 Å². The monoisotopic (exact) mass is 456 g/mol. The lowest BCUT2D eigenvalue weighted by atomic mass is 9.89. The van der Waals surface area contributed by atoms with Crippen LogP contribution in [0.4, 0.5) is 0 Å². The van der Waals surface area contributed by atoms with Gasteiger partial charge >= 0.3 is 0 Å². The summed E-state index contributed by atoms with van der Waals surface area (Å²) in [5.41, 5.74) is 5.67. The number of rotatable bonds is 6. The molecule has 6 heteroatoms. The molecule has 1 saturated carbocycles. The van der Waals surface area contributed by atoms with Crippen molar-refractivity contribution in [1.82, 2.24) is 20.5 Å². The Kier molecular flexibility index (Phi) is 6.35. The van der Waals surface area contributed by atoms with Crippen LogP contribution in [0.3, 0.4) is 0 Å². The normalized spacial score (nSPS) is 14.3. The third-order valence-electron chi connectivity index (χ3n) is 6.37. The molecule has 0 saturated heterocycles. The van der Waals surface area contributed by atoms with Gasteiger partial charge in [-0.05, 0) is 42.9 Å². The van der Waals surface area contributed by atoms with Crippen molar-refractivity contribution in [2.24, 2.45) is 5.92 Å². The number of nitrogens with one attached hydrogen (secondary N) is 2. The molecule has 1 amide bonds. The topological polar surface area (TPSA) is 70.7 Å². The molecule has 2 heterocycles. The molecule has 0 unspecified atom stereocenters. The van der Waals surface area contributed by atoms with E-state index in [1.54, 1.807) is 11.3 Å². The fraction of sp³-hybridized carbons (Fsp3) is 0.296. The van der Waals surface area contributed by atoms with Gasteiger partial charge in [0.25, 0.3) is 5.91 Å². The number of H-pyrrole nitrogens is 1. The minimum absolute atomic E-state index is 0.109. The van der Waals surface area contributed by atoms with Crippen LogP contribution in [-0.4, -0.2) is 27.6 Å². The molecule has 1 fully saturated rings. The van der Waals surface area contributed by atoms with Gasteiger partial charge in [0, 0.05) is 12.1 Å². The zero-order valence-corrected chi connectivity index (χ0v) is 19.6. The summed E-state index contributed by atoms with van der Waals surface area (Å²) in [7, 11) is 0. The summed E-state index contributed by atoms with van der Waals surface area (Å²) < 4.78 is 0. The van der Waals surface area contributed by atoms with E-state index in [1.165, 1.54) is 43.2 Å². The summed E-state index contributed by atoms with van der Waals surface area (Å²) in [6, 6.07) is 20.7. The standard InChI is InChI=1S/C27H28N4OS/c1-18-25(23-16-24(31-30-23)26(32)28-17-19-8-4-2-5-9-19)33-27(29-18)22-14-12-21(13-15-22)20-10-6-3-7-11-20/h3,6-7,10-16,19H,2,4-5,8-9,17H2,1H3,(H,28,32)(H,30,31). The van der Waals surface area contributed by atoms with Crippen molar-refractivity contribution in [3.8, 4) is 32.3 Å². The zero-order valence-electron chi connectivity index (χ0n) is 18.8. The number of carbonyl (C=O) groups is 1.